The number of benzene rings is 1. The zero-order chi connectivity index (χ0) is 23.7. The Labute approximate surface area is 192 Å². The van der Waals surface area contributed by atoms with Gasteiger partial charge >= 0.3 is 0 Å². The van der Waals surface area contributed by atoms with Crippen molar-refractivity contribution in [2.75, 3.05) is 13.2 Å². The quantitative estimate of drug-likeness (QED) is 0.339. The topological polar surface area (TPSA) is 109 Å². The van der Waals surface area contributed by atoms with Crippen molar-refractivity contribution < 1.29 is 34.6 Å². The lowest BCUT2D eigenvalue weighted by atomic mass is 9.99. The summed E-state index contributed by atoms with van der Waals surface area (Å²) in [5.74, 6) is 1.34. The highest BCUT2D eigenvalue weighted by Crippen LogP contribution is 2.35. The summed E-state index contributed by atoms with van der Waals surface area (Å²) in [5.41, 5.74) is 2.61. The van der Waals surface area contributed by atoms with Gasteiger partial charge in [0.15, 0.2) is 0 Å². The van der Waals surface area contributed by atoms with Crippen molar-refractivity contribution in [3.05, 3.63) is 22.8 Å². The van der Waals surface area contributed by atoms with Crippen LogP contribution in [-0.2, 0) is 4.74 Å². The standard InChI is InChI=1S/C25H42O7/c1-5-6-7-8-9-10-11-12-13-30-19-14-16(2)24(18(4)17(19)3)32-25-23(29)22(28)21(27)20(15-26)31-25/h14,20-23,25-29H,5-13,15H2,1-4H3/t20-,21-,22+,23+,25-/m1/s1. The van der Waals surface area contributed by atoms with E-state index in [-0.39, 0.29) is 0 Å². The number of hydrogen-bond donors (Lipinski definition) is 4. The van der Waals surface area contributed by atoms with Gasteiger partial charge in [-0.1, -0.05) is 51.9 Å². The number of rotatable bonds is 13. The van der Waals surface area contributed by atoms with Gasteiger partial charge in [-0.2, -0.15) is 0 Å². The summed E-state index contributed by atoms with van der Waals surface area (Å²) >= 11 is 0. The molecule has 4 N–H and O–H groups in total. The predicted octanol–water partition coefficient (Wildman–Crippen LogP) is 3.31. The summed E-state index contributed by atoms with van der Waals surface area (Å²) in [4.78, 5) is 0. The van der Waals surface area contributed by atoms with E-state index < -0.39 is 37.3 Å². The number of unbranched alkanes of at least 4 members (excludes halogenated alkanes) is 7. The second-order valence-electron chi connectivity index (χ2n) is 8.91. The molecule has 32 heavy (non-hydrogen) atoms. The summed E-state index contributed by atoms with van der Waals surface area (Å²) in [6.07, 6.45) is 3.46. The highest BCUT2D eigenvalue weighted by molar-refractivity contribution is 5.52. The second-order valence-corrected chi connectivity index (χ2v) is 8.91. The molecule has 1 saturated heterocycles. The van der Waals surface area contributed by atoms with Crippen molar-refractivity contribution in [2.45, 2.75) is 110 Å². The van der Waals surface area contributed by atoms with E-state index in [0.29, 0.717) is 12.4 Å². The van der Waals surface area contributed by atoms with Gasteiger partial charge in [-0.25, -0.2) is 0 Å². The van der Waals surface area contributed by atoms with Crippen LogP contribution in [0.15, 0.2) is 6.07 Å². The lowest BCUT2D eigenvalue weighted by Crippen LogP contribution is -2.60. The number of aliphatic hydroxyl groups excluding tert-OH is 4. The summed E-state index contributed by atoms with van der Waals surface area (Å²) in [7, 11) is 0. The van der Waals surface area contributed by atoms with Gasteiger partial charge in [0.2, 0.25) is 6.29 Å². The van der Waals surface area contributed by atoms with E-state index >= 15 is 0 Å². The third-order valence-electron chi connectivity index (χ3n) is 6.32. The third-order valence-corrected chi connectivity index (χ3v) is 6.32. The molecule has 7 heteroatoms. The molecule has 1 aliphatic rings. The van der Waals surface area contributed by atoms with Gasteiger partial charge in [-0.05, 0) is 49.9 Å². The average molecular weight is 455 g/mol. The van der Waals surface area contributed by atoms with Gasteiger partial charge in [0.1, 0.15) is 35.9 Å². The summed E-state index contributed by atoms with van der Waals surface area (Å²) in [6.45, 7) is 8.16. The molecule has 0 spiro atoms. The molecule has 0 aliphatic carbocycles. The molecule has 0 aromatic heterocycles. The zero-order valence-electron chi connectivity index (χ0n) is 20.0. The van der Waals surface area contributed by atoms with Crippen molar-refractivity contribution in [3.8, 4) is 11.5 Å². The third kappa shape index (κ3) is 7.06. The Bertz CT molecular complexity index is 691. The van der Waals surface area contributed by atoms with E-state index in [4.69, 9.17) is 14.2 Å². The molecule has 2 rings (SSSR count). The van der Waals surface area contributed by atoms with Crippen LogP contribution in [-0.4, -0.2) is 64.3 Å². The van der Waals surface area contributed by atoms with Crippen LogP contribution in [0, 0.1) is 20.8 Å². The lowest BCUT2D eigenvalue weighted by molar-refractivity contribution is -0.277. The van der Waals surface area contributed by atoms with Crippen LogP contribution >= 0.6 is 0 Å². The molecule has 5 atom stereocenters. The highest BCUT2D eigenvalue weighted by atomic mass is 16.7. The first-order chi connectivity index (χ1) is 15.3. The molecular weight excluding hydrogens is 412 g/mol. The molecule has 0 saturated carbocycles. The van der Waals surface area contributed by atoms with Crippen LogP contribution in [0.2, 0.25) is 0 Å². The minimum absolute atomic E-state index is 0.493. The van der Waals surface area contributed by atoms with Crippen molar-refractivity contribution in [1.29, 1.82) is 0 Å². The van der Waals surface area contributed by atoms with E-state index in [1.54, 1.807) is 0 Å². The monoisotopic (exact) mass is 454 g/mol. The van der Waals surface area contributed by atoms with Gasteiger partial charge < -0.3 is 34.6 Å². The summed E-state index contributed by atoms with van der Waals surface area (Å²) in [6, 6.07) is 1.91. The first kappa shape index (κ1) is 26.9. The minimum atomic E-state index is -1.47. The molecule has 0 bridgehead atoms. The van der Waals surface area contributed by atoms with Crippen molar-refractivity contribution in [1.82, 2.24) is 0 Å². The van der Waals surface area contributed by atoms with Crippen molar-refractivity contribution in [3.63, 3.8) is 0 Å². The lowest BCUT2D eigenvalue weighted by Gasteiger charge is -2.40. The SMILES string of the molecule is CCCCCCCCCCOc1cc(C)c(O[C@H]2O[C@H](CO)[C@@H](O)[C@H](O)[C@@H]2O)c(C)c1C. The molecule has 1 aromatic rings. The molecule has 7 nitrogen and oxygen atoms in total. The van der Waals surface area contributed by atoms with Gasteiger partial charge in [-0.15, -0.1) is 0 Å². The van der Waals surface area contributed by atoms with E-state index in [1.165, 1.54) is 44.9 Å². The summed E-state index contributed by atoms with van der Waals surface area (Å²) < 4.78 is 17.4. The van der Waals surface area contributed by atoms with Crippen LogP contribution < -0.4 is 9.47 Å². The van der Waals surface area contributed by atoms with Crippen LogP contribution in [0.4, 0.5) is 0 Å². The molecule has 0 unspecified atom stereocenters. The first-order valence-electron chi connectivity index (χ1n) is 12.0. The fourth-order valence-corrected chi connectivity index (χ4v) is 4.05. The van der Waals surface area contributed by atoms with E-state index in [0.717, 1.165) is 28.9 Å². The van der Waals surface area contributed by atoms with Gasteiger partial charge in [-0.3, -0.25) is 0 Å². The Hall–Kier alpha value is -1.38. The van der Waals surface area contributed by atoms with Gasteiger partial charge in [0, 0.05) is 0 Å². The molecule has 184 valence electrons. The Kier molecular flexibility index (Phi) is 11.2. The summed E-state index contributed by atoms with van der Waals surface area (Å²) in [5, 5.41) is 39.6. The van der Waals surface area contributed by atoms with Crippen LogP contribution in [0.1, 0.15) is 75.0 Å². The molecule has 1 heterocycles. The largest absolute Gasteiger partial charge is 0.493 e. The molecule has 0 amide bonds. The molecule has 1 aromatic carbocycles. The Balaban J connectivity index is 1.92. The normalized spacial score (nSPS) is 25.7. The van der Waals surface area contributed by atoms with Crippen molar-refractivity contribution >= 4 is 0 Å². The van der Waals surface area contributed by atoms with Gasteiger partial charge in [0.25, 0.3) is 0 Å². The first-order valence-corrected chi connectivity index (χ1v) is 12.0. The van der Waals surface area contributed by atoms with E-state index in [2.05, 4.69) is 6.92 Å². The zero-order valence-corrected chi connectivity index (χ0v) is 20.0. The number of ether oxygens (including phenoxy) is 3. The fourth-order valence-electron chi connectivity index (χ4n) is 4.05. The minimum Gasteiger partial charge on any atom is -0.493 e. The Morgan fingerprint density at radius 1 is 0.844 bits per heavy atom. The number of aryl methyl sites for hydroxylation is 1. The van der Waals surface area contributed by atoms with E-state index in [1.807, 2.05) is 26.8 Å². The second kappa shape index (κ2) is 13.4. The van der Waals surface area contributed by atoms with Crippen LogP contribution in [0.3, 0.4) is 0 Å². The molecule has 1 aliphatic heterocycles. The van der Waals surface area contributed by atoms with Crippen LogP contribution in [0.25, 0.3) is 0 Å². The Morgan fingerprint density at radius 2 is 1.47 bits per heavy atom. The van der Waals surface area contributed by atoms with Crippen LogP contribution in [0.5, 0.6) is 11.5 Å². The van der Waals surface area contributed by atoms with E-state index in [9.17, 15) is 20.4 Å². The molecule has 1 fully saturated rings. The molecule has 0 radical (unpaired) electrons. The molecular formula is C25H42O7. The predicted molar refractivity (Wildman–Crippen MR) is 123 cm³/mol. The highest BCUT2D eigenvalue weighted by Gasteiger charge is 2.45. The fraction of sp³-hybridized carbons (Fsp3) is 0.760. The maximum absolute atomic E-state index is 10.3. The number of aliphatic hydroxyl groups is 4. The smallest absolute Gasteiger partial charge is 0.229 e. The maximum Gasteiger partial charge on any atom is 0.229 e. The average Bonchev–Trinajstić information content (AvgIpc) is 2.78. The number of hydrogen-bond acceptors (Lipinski definition) is 7. The maximum atomic E-state index is 10.3. The van der Waals surface area contributed by atoms with Gasteiger partial charge in [0.05, 0.1) is 13.2 Å². The van der Waals surface area contributed by atoms with Crippen molar-refractivity contribution in [2.24, 2.45) is 0 Å². The Morgan fingerprint density at radius 3 is 2.09 bits per heavy atom.